The molecule has 0 saturated carbocycles. The minimum Gasteiger partial charge on any atom is -0.457 e. The van der Waals surface area contributed by atoms with Gasteiger partial charge in [0.2, 0.25) is 5.91 Å². The topological polar surface area (TPSA) is 205 Å². The number of carbonyl (C=O) groups excluding carboxylic acids is 2. The molecule has 0 aliphatic heterocycles. The SMILES string of the molecule is N=C(N)NCCCCC(=O)Nc1cc(C(F)(F)F)cc(NC(=O)Nc2ccc(Oc3cc(NCCCN)cc(C(F)(F)F)c3)cc2)c1SCCN. The van der Waals surface area contributed by atoms with Gasteiger partial charge < -0.3 is 48.5 Å². The van der Waals surface area contributed by atoms with E-state index in [0.717, 1.165) is 36.0 Å². The van der Waals surface area contributed by atoms with E-state index in [9.17, 15) is 35.9 Å². The zero-order valence-corrected chi connectivity index (χ0v) is 28.0. The second-order valence-electron chi connectivity index (χ2n) is 10.9. The van der Waals surface area contributed by atoms with Crippen molar-refractivity contribution in [3.05, 3.63) is 65.7 Å². The van der Waals surface area contributed by atoms with Crippen molar-refractivity contribution in [2.45, 2.75) is 42.9 Å². The first-order chi connectivity index (χ1) is 24.1. The highest BCUT2D eigenvalue weighted by molar-refractivity contribution is 7.99. The third kappa shape index (κ3) is 13.7. The Labute approximate surface area is 294 Å². The number of nitrogens with two attached hydrogens (primary N) is 3. The Morgan fingerprint density at radius 1 is 0.745 bits per heavy atom. The maximum absolute atomic E-state index is 13.9. The number of amides is 3. The normalized spacial score (nSPS) is 11.5. The third-order valence-electron chi connectivity index (χ3n) is 6.74. The highest BCUT2D eigenvalue weighted by Crippen LogP contribution is 2.41. The number of anilines is 4. The number of hydrogen-bond donors (Lipinski definition) is 9. The molecule has 0 atom stereocenters. The van der Waals surface area contributed by atoms with Gasteiger partial charge in [-0.25, -0.2) is 4.79 Å². The average molecular weight is 744 g/mol. The summed E-state index contributed by atoms with van der Waals surface area (Å²) in [5, 5.41) is 20.0. The molecule has 12 nitrogen and oxygen atoms in total. The van der Waals surface area contributed by atoms with Gasteiger partial charge in [0.15, 0.2) is 5.96 Å². The highest BCUT2D eigenvalue weighted by atomic mass is 32.2. The van der Waals surface area contributed by atoms with Crippen molar-refractivity contribution in [2.75, 3.05) is 53.2 Å². The average Bonchev–Trinajstić information content (AvgIpc) is 3.04. The van der Waals surface area contributed by atoms with Gasteiger partial charge in [0.1, 0.15) is 11.5 Å². The number of thioether (sulfide) groups is 1. The first-order valence-corrected chi connectivity index (χ1v) is 16.6. The summed E-state index contributed by atoms with van der Waals surface area (Å²) in [7, 11) is 0. The van der Waals surface area contributed by atoms with Crippen molar-refractivity contribution in [2.24, 2.45) is 17.2 Å². The molecule has 0 aliphatic rings. The van der Waals surface area contributed by atoms with E-state index in [2.05, 4.69) is 26.6 Å². The molecule has 0 bridgehead atoms. The van der Waals surface area contributed by atoms with E-state index >= 15 is 0 Å². The maximum Gasteiger partial charge on any atom is 0.416 e. The molecule has 12 N–H and O–H groups in total. The molecule has 19 heteroatoms. The first-order valence-electron chi connectivity index (χ1n) is 15.6. The zero-order chi connectivity index (χ0) is 37.6. The molecule has 3 rings (SSSR count). The van der Waals surface area contributed by atoms with E-state index in [-0.39, 0.29) is 63.8 Å². The molecule has 278 valence electrons. The smallest absolute Gasteiger partial charge is 0.416 e. The summed E-state index contributed by atoms with van der Waals surface area (Å²) in [5.74, 6) is -0.496. The van der Waals surface area contributed by atoms with Crippen LogP contribution in [0.25, 0.3) is 0 Å². The Bertz CT molecular complexity index is 1640. The molecule has 0 unspecified atom stereocenters. The van der Waals surface area contributed by atoms with Crippen LogP contribution in [0.5, 0.6) is 11.5 Å². The van der Waals surface area contributed by atoms with Crippen molar-refractivity contribution in [3.63, 3.8) is 0 Å². The lowest BCUT2D eigenvalue weighted by atomic mass is 10.1. The summed E-state index contributed by atoms with van der Waals surface area (Å²) in [5.41, 5.74) is 14.2. The van der Waals surface area contributed by atoms with Crippen LogP contribution < -0.4 is 48.5 Å². The van der Waals surface area contributed by atoms with Crippen LogP contribution in [0.1, 0.15) is 36.8 Å². The Morgan fingerprint density at radius 3 is 2.00 bits per heavy atom. The fourth-order valence-corrected chi connectivity index (χ4v) is 5.28. The predicted octanol–water partition coefficient (Wildman–Crippen LogP) is 6.56. The second kappa shape index (κ2) is 18.9. The van der Waals surface area contributed by atoms with E-state index in [0.29, 0.717) is 38.9 Å². The fraction of sp³-hybridized carbons (Fsp3) is 0.344. The number of hydrogen-bond acceptors (Lipinski definition) is 8. The number of alkyl halides is 6. The van der Waals surface area contributed by atoms with Crippen molar-refractivity contribution in [1.82, 2.24) is 5.32 Å². The van der Waals surface area contributed by atoms with Crippen LogP contribution in [0.2, 0.25) is 0 Å². The molecule has 0 spiro atoms. The third-order valence-corrected chi connectivity index (χ3v) is 7.91. The number of nitrogens with one attached hydrogen (secondary N) is 6. The molecule has 3 aromatic carbocycles. The van der Waals surface area contributed by atoms with Gasteiger partial charge in [-0.2, -0.15) is 26.3 Å². The minimum atomic E-state index is -4.82. The number of halogens is 6. The first kappa shape index (κ1) is 40.5. The van der Waals surface area contributed by atoms with Gasteiger partial charge in [0.25, 0.3) is 0 Å². The number of carbonyl (C=O) groups is 2. The van der Waals surface area contributed by atoms with Crippen LogP contribution in [0.4, 0.5) is 53.9 Å². The standard InChI is InChI=1S/C32H39F6N9O3S/c33-31(34,35)19-14-22(43-12-3-9-39)18-24(15-19)50-23-7-5-21(6-8-23)45-30(49)47-26-17-20(32(36,37)38)16-25(28(26)51-13-10-40)46-27(48)4-1-2-11-44-29(41)42/h5-8,14-18,43H,1-4,9-13,39-40H2,(H,46,48)(H4,41,42,44)(H2,45,47,49). The molecule has 0 aliphatic carbocycles. The van der Waals surface area contributed by atoms with Crippen LogP contribution in [-0.4, -0.2) is 49.8 Å². The van der Waals surface area contributed by atoms with E-state index in [1.807, 2.05) is 0 Å². The van der Waals surface area contributed by atoms with Crippen LogP contribution in [0, 0.1) is 5.41 Å². The Balaban J connectivity index is 1.77. The second-order valence-corrected chi connectivity index (χ2v) is 12.0. The van der Waals surface area contributed by atoms with E-state index in [4.69, 9.17) is 27.3 Å². The molecule has 0 saturated heterocycles. The van der Waals surface area contributed by atoms with Gasteiger partial charge in [0.05, 0.1) is 27.4 Å². The van der Waals surface area contributed by atoms with Crippen molar-refractivity contribution >= 4 is 52.4 Å². The van der Waals surface area contributed by atoms with Crippen molar-refractivity contribution in [1.29, 1.82) is 5.41 Å². The number of benzene rings is 3. The fourth-order valence-electron chi connectivity index (χ4n) is 4.43. The summed E-state index contributed by atoms with van der Waals surface area (Å²) < 4.78 is 87.8. The summed E-state index contributed by atoms with van der Waals surface area (Å²) in [6, 6.07) is 9.33. The number of urea groups is 1. The van der Waals surface area contributed by atoms with Gasteiger partial charge >= 0.3 is 18.4 Å². The molecular weight excluding hydrogens is 704 g/mol. The molecule has 0 aromatic heterocycles. The molecule has 3 amide bonds. The molecule has 0 heterocycles. The lowest BCUT2D eigenvalue weighted by molar-refractivity contribution is -0.138. The van der Waals surface area contributed by atoms with Crippen LogP contribution >= 0.6 is 11.8 Å². The number of rotatable bonds is 17. The molecule has 0 radical (unpaired) electrons. The van der Waals surface area contributed by atoms with Crippen molar-refractivity contribution in [3.8, 4) is 11.5 Å². The lowest BCUT2D eigenvalue weighted by Crippen LogP contribution is -2.31. The van der Waals surface area contributed by atoms with E-state index < -0.39 is 35.4 Å². The van der Waals surface area contributed by atoms with Gasteiger partial charge in [-0.05, 0) is 74.3 Å². The Kier molecular flexibility index (Phi) is 15.0. The summed E-state index contributed by atoms with van der Waals surface area (Å²) in [4.78, 5) is 25.8. The van der Waals surface area contributed by atoms with E-state index in [1.54, 1.807) is 0 Å². The van der Waals surface area contributed by atoms with Gasteiger partial charge in [-0.15, -0.1) is 11.8 Å². The van der Waals surface area contributed by atoms with Gasteiger partial charge in [-0.3, -0.25) is 10.2 Å². The molecule has 51 heavy (non-hydrogen) atoms. The van der Waals surface area contributed by atoms with Crippen LogP contribution in [-0.2, 0) is 17.1 Å². The number of ether oxygens (including phenoxy) is 1. The zero-order valence-electron chi connectivity index (χ0n) is 27.2. The predicted molar refractivity (Wildman–Crippen MR) is 186 cm³/mol. The summed E-state index contributed by atoms with van der Waals surface area (Å²) in [6.07, 6.45) is -8.10. The monoisotopic (exact) mass is 743 g/mol. The Hall–Kier alpha value is -4.88. The van der Waals surface area contributed by atoms with Crippen molar-refractivity contribution < 1.29 is 40.7 Å². The van der Waals surface area contributed by atoms with Gasteiger partial charge in [0, 0.05) is 49.2 Å². The minimum absolute atomic E-state index is 0.0274. The van der Waals surface area contributed by atoms with E-state index in [1.165, 1.54) is 30.3 Å². The quantitative estimate of drug-likeness (QED) is 0.0241. The number of guanidine groups is 1. The Morgan fingerprint density at radius 2 is 1.39 bits per heavy atom. The molecular formula is C32H39F6N9O3S. The molecule has 3 aromatic rings. The summed E-state index contributed by atoms with van der Waals surface area (Å²) in [6.45, 7) is 1.19. The summed E-state index contributed by atoms with van der Waals surface area (Å²) >= 11 is 1.04. The highest BCUT2D eigenvalue weighted by Gasteiger charge is 2.33. The van der Waals surface area contributed by atoms with Crippen LogP contribution in [0.3, 0.4) is 0 Å². The van der Waals surface area contributed by atoms with Crippen LogP contribution in [0.15, 0.2) is 59.5 Å². The molecule has 0 fully saturated rings. The lowest BCUT2D eigenvalue weighted by Gasteiger charge is -2.19. The van der Waals surface area contributed by atoms with Gasteiger partial charge in [-0.1, -0.05) is 0 Å². The maximum atomic E-state index is 13.9. The number of unbranched alkanes of at least 4 members (excludes halogenated alkanes) is 1. The largest absolute Gasteiger partial charge is 0.457 e.